The van der Waals surface area contributed by atoms with Gasteiger partial charge in [-0.1, -0.05) is 13.0 Å². The Bertz CT molecular complexity index is 591. The Hall–Kier alpha value is -1.42. The summed E-state index contributed by atoms with van der Waals surface area (Å²) in [6.07, 6.45) is 3.67. The van der Waals surface area contributed by atoms with Gasteiger partial charge in [-0.15, -0.1) is 0 Å². The van der Waals surface area contributed by atoms with E-state index in [1.165, 1.54) is 11.1 Å². The lowest BCUT2D eigenvalue weighted by Gasteiger charge is -2.40. The molecule has 1 heterocycles. The van der Waals surface area contributed by atoms with E-state index in [0.29, 0.717) is 6.42 Å². The Morgan fingerprint density at radius 1 is 1.35 bits per heavy atom. The number of amides is 1. The number of halogens is 1. The van der Waals surface area contributed by atoms with E-state index in [-0.39, 0.29) is 23.1 Å². The molecule has 3 rings (SSSR count). The topological polar surface area (TPSA) is 23.6 Å². The lowest BCUT2D eigenvalue weighted by molar-refractivity contribution is -0.129. The number of rotatable bonds is 3. The molecule has 1 aromatic carbocycles. The predicted molar refractivity (Wildman–Crippen MR) is 90.1 cm³/mol. The number of hydrogen-bond donors (Lipinski definition) is 0. The molecule has 23 heavy (non-hydrogen) atoms. The average molecular weight is 318 g/mol. The third kappa shape index (κ3) is 3.01. The van der Waals surface area contributed by atoms with Gasteiger partial charge in [-0.25, -0.2) is 4.39 Å². The van der Waals surface area contributed by atoms with E-state index in [0.717, 1.165) is 38.9 Å². The molecule has 1 spiro atoms. The second kappa shape index (κ2) is 6.23. The third-order valence-electron chi connectivity index (χ3n) is 5.84. The van der Waals surface area contributed by atoms with E-state index in [2.05, 4.69) is 11.8 Å². The number of likely N-dealkylation sites (tertiary alicyclic amines) is 1. The summed E-state index contributed by atoms with van der Waals surface area (Å²) in [5.41, 5.74) is 2.44. The van der Waals surface area contributed by atoms with E-state index < -0.39 is 0 Å². The number of nitrogens with zero attached hydrogens (tertiary/aromatic N) is 2. The Labute approximate surface area is 138 Å². The first kappa shape index (κ1) is 16.4. The molecule has 1 amide bonds. The van der Waals surface area contributed by atoms with Crippen molar-refractivity contribution in [3.8, 4) is 0 Å². The highest BCUT2D eigenvalue weighted by atomic mass is 19.1. The fourth-order valence-electron chi connectivity index (χ4n) is 4.38. The second-order valence-corrected chi connectivity index (χ2v) is 7.34. The van der Waals surface area contributed by atoms with Crippen molar-refractivity contribution in [2.24, 2.45) is 0 Å². The number of benzene rings is 1. The molecule has 126 valence electrons. The average Bonchev–Trinajstić information content (AvgIpc) is 2.81. The van der Waals surface area contributed by atoms with Crippen molar-refractivity contribution in [1.29, 1.82) is 0 Å². The molecule has 1 saturated heterocycles. The summed E-state index contributed by atoms with van der Waals surface area (Å²) in [6.45, 7) is 5.41. The zero-order valence-corrected chi connectivity index (χ0v) is 14.4. The summed E-state index contributed by atoms with van der Waals surface area (Å²) in [6, 6.07) is 5.20. The zero-order chi connectivity index (χ0) is 16.6. The molecular formula is C19H27FN2O. The van der Waals surface area contributed by atoms with Crippen molar-refractivity contribution < 1.29 is 9.18 Å². The van der Waals surface area contributed by atoms with Gasteiger partial charge < -0.3 is 9.80 Å². The summed E-state index contributed by atoms with van der Waals surface area (Å²) < 4.78 is 13.9. The molecule has 0 N–H and O–H groups in total. The first-order valence-electron chi connectivity index (χ1n) is 8.67. The molecule has 0 radical (unpaired) electrons. The second-order valence-electron chi connectivity index (χ2n) is 7.34. The van der Waals surface area contributed by atoms with E-state index in [1.807, 2.05) is 6.07 Å². The summed E-state index contributed by atoms with van der Waals surface area (Å²) in [5, 5.41) is 0. The van der Waals surface area contributed by atoms with Gasteiger partial charge in [0.05, 0.1) is 0 Å². The molecule has 2 aliphatic rings. The highest BCUT2D eigenvalue weighted by Crippen LogP contribution is 2.52. The van der Waals surface area contributed by atoms with Crippen molar-refractivity contribution in [3.05, 3.63) is 35.1 Å². The maximum Gasteiger partial charge on any atom is 0.222 e. The fourth-order valence-corrected chi connectivity index (χ4v) is 4.38. The van der Waals surface area contributed by atoms with Gasteiger partial charge in [-0.05, 0) is 73.5 Å². The SMILES string of the molecule is CCN1CCC2(CC1)C[C@H](CC(=O)N(C)C)c1ccc(F)cc12. The maximum atomic E-state index is 13.9. The van der Waals surface area contributed by atoms with Crippen LogP contribution in [-0.4, -0.2) is 49.4 Å². The summed E-state index contributed by atoms with van der Waals surface area (Å²) in [7, 11) is 3.61. The van der Waals surface area contributed by atoms with Crippen LogP contribution in [0, 0.1) is 5.82 Å². The van der Waals surface area contributed by atoms with Gasteiger partial charge >= 0.3 is 0 Å². The number of carbonyl (C=O) groups is 1. The molecule has 3 nitrogen and oxygen atoms in total. The van der Waals surface area contributed by atoms with Gasteiger partial charge in [0, 0.05) is 20.5 Å². The van der Waals surface area contributed by atoms with Crippen LogP contribution in [0.4, 0.5) is 4.39 Å². The van der Waals surface area contributed by atoms with Gasteiger partial charge in [0.2, 0.25) is 5.91 Å². The third-order valence-corrected chi connectivity index (χ3v) is 5.84. The van der Waals surface area contributed by atoms with Crippen LogP contribution in [-0.2, 0) is 10.2 Å². The highest BCUT2D eigenvalue weighted by Gasteiger charge is 2.45. The highest BCUT2D eigenvalue weighted by molar-refractivity contribution is 5.77. The minimum Gasteiger partial charge on any atom is -0.349 e. The quantitative estimate of drug-likeness (QED) is 0.855. The number of fused-ring (bicyclic) bond motifs is 2. The van der Waals surface area contributed by atoms with E-state index in [9.17, 15) is 9.18 Å². The lowest BCUT2D eigenvalue weighted by Crippen LogP contribution is -2.41. The van der Waals surface area contributed by atoms with Crippen LogP contribution < -0.4 is 0 Å². The lowest BCUT2D eigenvalue weighted by atomic mass is 9.73. The molecule has 1 aromatic rings. The van der Waals surface area contributed by atoms with Gasteiger partial charge in [0.25, 0.3) is 0 Å². The summed E-state index contributed by atoms with van der Waals surface area (Å²) in [5.74, 6) is 0.239. The first-order valence-corrected chi connectivity index (χ1v) is 8.67. The van der Waals surface area contributed by atoms with Crippen LogP contribution in [0.2, 0.25) is 0 Å². The van der Waals surface area contributed by atoms with Gasteiger partial charge in [0.15, 0.2) is 0 Å². The number of hydrogen-bond acceptors (Lipinski definition) is 2. The van der Waals surface area contributed by atoms with E-state index >= 15 is 0 Å². The molecule has 0 saturated carbocycles. The zero-order valence-electron chi connectivity index (χ0n) is 14.4. The molecule has 0 aromatic heterocycles. The number of carbonyl (C=O) groups excluding carboxylic acids is 1. The largest absolute Gasteiger partial charge is 0.349 e. The molecule has 0 unspecified atom stereocenters. The number of piperidine rings is 1. The molecule has 1 aliphatic heterocycles. The Morgan fingerprint density at radius 2 is 2.04 bits per heavy atom. The van der Waals surface area contributed by atoms with Crippen LogP contribution in [0.5, 0.6) is 0 Å². The van der Waals surface area contributed by atoms with Crippen molar-refractivity contribution in [3.63, 3.8) is 0 Å². The van der Waals surface area contributed by atoms with Crippen molar-refractivity contribution >= 4 is 5.91 Å². The van der Waals surface area contributed by atoms with Crippen molar-refractivity contribution in [2.45, 2.75) is 43.9 Å². The van der Waals surface area contributed by atoms with E-state index in [1.54, 1.807) is 31.1 Å². The standard InChI is InChI=1S/C19H27FN2O/c1-4-22-9-7-19(8-10-22)13-14(11-18(23)21(2)3)16-6-5-15(20)12-17(16)19/h5-6,12,14H,4,7-11,13H2,1-3H3/t14-/m0/s1. The molecule has 4 heteroatoms. The van der Waals surface area contributed by atoms with Crippen LogP contribution in [0.15, 0.2) is 18.2 Å². The smallest absolute Gasteiger partial charge is 0.222 e. The van der Waals surface area contributed by atoms with E-state index in [4.69, 9.17) is 0 Å². The molecule has 1 fully saturated rings. The summed E-state index contributed by atoms with van der Waals surface area (Å²) in [4.78, 5) is 16.3. The van der Waals surface area contributed by atoms with Crippen LogP contribution in [0.25, 0.3) is 0 Å². The minimum absolute atomic E-state index is 0.0698. The van der Waals surface area contributed by atoms with Gasteiger partial charge in [-0.2, -0.15) is 0 Å². The summed E-state index contributed by atoms with van der Waals surface area (Å²) >= 11 is 0. The van der Waals surface area contributed by atoms with Crippen LogP contribution in [0.1, 0.15) is 49.7 Å². The van der Waals surface area contributed by atoms with Crippen LogP contribution >= 0.6 is 0 Å². The molecule has 1 atom stereocenters. The Balaban J connectivity index is 1.89. The van der Waals surface area contributed by atoms with Gasteiger partial charge in [0.1, 0.15) is 5.82 Å². The minimum atomic E-state index is -0.152. The predicted octanol–water partition coefficient (Wildman–Crippen LogP) is 3.14. The Kier molecular flexibility index (Phi) is 4.45. The fraction of sp³-hybridized carbons (Fsp3) is 0.632. The first-order chi connectivity index (χ1) is 10.9. The normalized spacial score (nSPS) is 23.0. The van der Waals surface area contributed by atoms with Crippen LogP contribution in [0.3, 0.4) is 0 Å². The maximum absolute atomic E-state index is 13.9. The van der Waals surface area contributed by atoms with Crippen molar-refractivity contribution in [1.82, 2.24) is 9.80 Å². The van der Waals surface area contributed by atoms with Crippen molar-refractivity contribution in [2.75, 3.05) is 33.7 Å². The molecule has 0 bridgehead atoms. The monoisotopic (exact) mass is 318 g/mol. The van der Waals surface area contributed by atoms with Gasteiger partial charge in [-0.3, -0.25) is 4.79 Å². The Morgan fingerprint density at radius 3 is 2.65 bits per heavy atom. The molecule has 1 aliphatic carbocycles. The molecular weight excluding hydrogens is 291 g/mol.